The SMILES string of the molecule is CCCc1cccc(C(Nc2c(Cl)c(C)c(Cl)c(C)c2CC)C(=O)O)c1. The summed E-state index contributed by atoms with van der Waals surface area (Å²) in [4.78, 5) is 12.0. The lowest BCUT2D eigenvalue weighted by Crippen LogP contribution is -2.22. The predicted molar refractivity (Wildman–Crippen MR) is 110 cm³/mol. The molecule has 2 aromatic carbocycles. The van der Waals surface area contributed by atoms with E-state index in [1.807, 2.05) is 45.0 Å². The van der Waals surface area contributed by atoms with Gasteiger partial charge in [0, 0.05) is 5.02 Å². The van der Waals surface area contributed by atoms with Crippen molar-refractivity contribution in [2.45, 2.75) is 53.0 Å². The highest BCUT2D eigenvalue weighted by molar-refractivity contribution is 6.38. The van der Waals surface area contributed by atoms with Crippen molar-refractivity contribution in [2.24, 2.45) is 0 Å². The van der Waals surface area contributed by atoms with Gasteiger partial charge < -0.3 is 10.4 Å². The van der Waals surface area contributed by atoms with Gasteiger partial charge in [-0.2, -0.15) is 0 Å². The highest BCUT2D eigenvalue weighted by atomic mass is 35.5. The van der Waals surface area contributed by atoms with Crippen molar-refractivity contribution in [2.75, 3.05) is 5.32 Å². The molecule has 0 amide bonds. The summed E-state index contributed by atoms with van der Waals surface area (Å²) in [5.74, 6) is -0.943. The van der Waals surface area contributed by atoms with E-state index in [4.69, 9.17) is 23.2 Å². The van der Waals surface area contributed by atoms with E-state index < -0.39 is 12.0 Å². The number of hydrogen-bond donors (Lipinski definition) is 2. The topological polar surface area (TPSA) is 49.3 Å². The van der Waals surface area contributed by atoms with Crippen LogP contribution in [0.3, 0.4) is 0 Å². The van der Waals surface area contributed by atoms with Crippen molar-refractivity contribution >= 4 is 34.9 Å². The minimum atomic E-state index is -0.943. The number of nitrogens with one attached hydrogen (secondary N) is 1. The Kier molecular flexibility index (Phi) is 6.96. The van der Waals surface area contributed by atoms with Crippen LogP contribution in [0.2, 0.25) is 10.0 Å². The lowest BCUT2D eigenvalue weighted by molar-refractivity contribution is -0.138. The van der Waals surface area contributed by atoms with Gasteiger partial charge in [-0.1, -0.05) is 67.7 Å². The van der Waals surface area contributed by atoms with Gasteiger partial charge >= 0.3 is 5.97 Å². The van der Waals surface area contributed by atoms with Crippen LogP contribution in [0, 0.1) is 13.8 Å². The van der Waals surface area contributed by atoms with Crippen LogP contribution in [0.5, 0.6) is 0 Å². The first-order valence-electron chi connectivity index (χ1n) is 8.86. The zero-order valence-corrected chi connectivity index (χ0v) is 17.1. The fourth-order valence-electron chi connectivity index (χ4n) is 3.26. The van der Waals surface area contributed by atoms with Crippen LogP contribution in [0.4, 0.5) is 5.69 Å². The highest BCUT2D eigenvalue weighted by Crippen LogP contribution is 2.40. The number of carboxylic acids is 1. The van der Waals surface area contributed by atoms with Crippen LogP contribution in [-0.4, -0.2) is 11.1 Å². The van der Waals surface area contributed by atoms with Crippen molar-refractivity contribution in [1.82, 2.24) is 0 Å². The van der Waals surface area contributed by atoms with Crippen LogP contribution < -0.4 is 5.32 Å². The number of anilines is 1. The van der Waals surface area contributed by atoms with Gasteiger partial charge in [-0.3, -0.25) is 0 Å². The van der Waals surface area contributed by atoms with E-state index in [1.165, 1.54) is 0 Å². The number of aryl methyl sites for hydroxylation is 1. The molecular weight excluding hydrogens is 369 g/mol. The van der Waals surface area contributed by atoms with Gasteiger partial charge in [-0.05, 0) is 54.5 Å². The summed E-state index contributed by atoms with van der Waals surface area (Å²) in [5, 5.41) is 14.1. The van der Waals surface area contributed by atoms with Crippen LogP contribution >= 0.6 is 23.2 Å². The molecule has 140 valence electrons. The Balaban J connectivity index is 2.53. The molecule has 0 saturated heterocycles. The summed E-state index contributed by atoms with van der Waals surface area (Å²) in [5.41, 5.74) is 5.13. The zero-order chi connectivity index (χ0) is 19.4. The van der Waals surface area contributed by atoms with Crippen LogP contribution in [0.15, 0.2) is 24.3 Å². The summed E-state index contributed by atoms with van der Waals surface area (Å²) in [6.07, 6.45) is 2.63. The van der Waals surface area contributed by atoms with Gasteiger partial charge in [0.25, 0.3) is 0 Å². The van der Waals surface area contributed by atoms with E-state index in [-0.39, 0.29) is 0 Å². The van der Waals surface area contributed by atoms with Gasteiger partial charge in [0.15, 0.2) is 6.04 Å². The van der Waals surface area contributed by atoms with Crippen LogP contribution in [0.25, 0.3) is 0 Å². The molecule has 0 aromatic heterocycles. The standard InChI is InChI=1S/C21H25Cl2NO2/c1-5-8-14-9-7-10-15(11-14)19(21(25)26)24-20-16(6-2)12(3)17(22)13(4)18(20)23/h7,9-11,19,24H,5-6,8H2,1-4H3,(H,25,26). The van der Waals surface area contributed by atoms with E-state index in [2.05, 4.69) is 12.2 Å². The van der Waals surface area contributed by atoms with E-state index in [9.17, 15) is 9.90 Å². The Morgan fingerprint density at radius 1 is 1.15 bits per heavy atom. The minimum Gasteiger partial charge on any atom is -0.479 e. The molecule has 0 spiro atoms. The minimum absolute atomic E-state index is 0.480. The van der Waals surface area contributed by atoms with Crippen molar-refractivity contribution < 1.29 is 9.90 Å². The number of rotatable bonds is 7. The lowest BCUT2D eigenvalue weighted by atomic mass is 9.98. The maximum absolute atomic E-state index is 12.0. The molecule has 0 heterocycles. The Morgan fingerprint density at radius 2 is 1.85 bits per heavy atom. The molecule has 3 nitrogen and oxygen atoms in total. The number of aliphatic carboxylic acids is 1. The monoisotopic (exact) mass is 393 g/mol. The molecule has 1 atom stereocenters. The predicted octanol–water partition coefficient (Wildman–Crippen LogP) is 6.36. The van der Waals surface area contributed by atoms with Crippen molar-refractivity contribution in [3.63, 3.8) is 0 Å². The summed E-state index contributed by atoms with van der Waals surface area (Å²) < 4.78 is 0. The van der Waals surface area contributed by atoms with Crippen molar-refractivity contribution in [3.05, 3.63) is 62.1 Å². The van der Waals surface area contributed by atoms with E-state index >= 15 is 0 Å². The molecule has 0 radical (unpaired) electrons. The molecule has 0 aliphatic heterocycles. The molecule has 0 saturated carbocycles. The van der Waals surface area contributed by atoms with Crippen LogP contribution in [-0.2, 0) is 17.6 Å². The molecule has 2 rings (SSSR count). The highest BCUT2D eigenvalue weighted by Gasteiger charge is 2.24. The molecule has 2 N–H and O–H groups in total. The average molecular weight is 394 g/mol. The van der Waals surface area contributed by atoms with Gasteiger partial charge in [0.1, 0.15) is 0 Å². The first-order chi connectivity index (χ1) is 12.3. The van der Waals surface area contributed by atoms with Gasteiger partial charge in [-0.15, -0.1) is 0 Å². The molecule has 0 bridgehead atoms. The van der Waals surface area contributed by atoms with E-state index in [0.717, 1.165) is 35.1 Å². The smallest absolute Gasteiger partial charge is 0.330 e. The first-order valence-corrected chi connectivity index (χ1v) is 9.62. The normalized spacial score (nSPS) is 12.1. The lowest BCUT2D eigenvalue weighted by Gasteiger charge is -2.23. The molecule has 0 aliphatic carbocycles. The fraction of sp³-hybridized carbons (Fsp3) is 0.381. The average Bonchev–Trinajstić information content (AvgIpc) is 2.62. The third-order valence-electron chi connectivity index (χ3n) is 4.67. The number of halogens is 2. The maximum Gasteiger partial charge on any atom is 0.330 e. The summed E-state index contributed by atoms with van der Waals surface area (Å²) in [6.45, 7) is 7.90. The zero-order valence-electron chi connectivity index (χ0n) is 15.6. The largest absolute Gasteiger partial charge is 0.479 e. The van der Waals surface area contributed by atoms with E-state index in [0.29, 0.717) is 27.7 Å². The molecule has 26 heavy (non-hydrogen) atoms. The number of benzene rings is 2. The van der Waals surface area contributed by atoms with Crippen molar-refractivity contribution in [3.8, 4) is 0 Å². The second-order valence-electron chi connectivity index (χ2n) is 6.50. The summed E-state index contributed by atoms with van der Waals surface area (Å²) in [7, 11) is 0. The van der Waals surface area contributed by atoms with Gasteiger partial charge in [-0.25, -0.2) is 4.79 Å². The Hall–Kier alpha value is -1.71. The number of hydrogen-bond acceptors (Lipinski definition) is 2. The number of carbonyl (C=O) groups is 1. The molecule has 1 unspecified atom stereocenters. The van der Waals surface area contributed by atoms with Crippen LogP contribution in [0.1, 0.15) is 54.1 Å². The van der Waals surface area contributed by atoms with Gasteiger partial charge in [0.05, 0.1) is 10.7 Å². The molecule has 0 fully saturated rings. The number of carboxylic acid groups (broad SMARTS) is 1. The molecular formula is C21H25Cl2NO2. The summed E-state index contributed by atoms with van der Waals surface area (Å²) >= 11 is 12.9. The van der Waals surface area contributed by atoms with Crippen molar-refractivity contribution in [1.29, 1.82) is 0 Å². The maximum atomic E-state index is 12.0. The second-order valence-corrected chi connectivity index (χ2v) is 7.25. The molecule has 2 aromatic rings. The quantitative estimate of drug-likeness (QED) is 0.574. The second kappa shape index (κ2) is 8.79. The van der Waals surface area contributed by atoms with E-state index in [1.54, 1.807) is 0 Å². The first kappa shape index (κ1) is 20.6. The molecule has 5 heteroatoms. The molecule has 0 aliphatic rings. The fourth-order valence-corrected chi connectivity index (χ4v) is 3.78. The third kappa shape index (κ3) is 4.16. The Labute approximate surface area is 165 Å². The third-order valence-corrected chi connectivity index (χ3v) is 5.71. The van der Waals surface area contributed by atoms with Gasteiger partial charge in [0.2, 0.25) is 0 Å². The summed E-state index contributed by atoms with van der Waals surface area (Å²) in [6, 6.07) is 6.82. The Morgan fingerprint density at radius 3 is 2.42 bits per heavy atom. The Bertz CT molecular complexity index is 818.